The summed E-state index contributed by atoms with van der Waals surface area (Å²) < 4.78 is 5.92. The third-order valence-electron chi connectivity index (χ3n) is 3.37. The Morgan fingerprint density at radius 1 is 1.33 bits per heavy atom. The molecule has 0 bridgehead atoms. The molecular formula is C10H18OSi. The van der Waals surface area contributed by atoms with E-state index < -0.39 is 8.32 Å². The van der Waals surface area contributed by atoms with Gasteiger partial charge in [0.15, 0.2) is 8.32 Å². The maximum Gasteiger partial charge on any atom is 0.190 e. The molecule has 0 N–H and O–H groups in total. The summed E-state index contributed by atoms with van der Waals surface area (Å²) in [7, 11) is -1.30. The fourth-order valence-electron chi connectivity index (χ4n) is 2.51. The third kappa shape index (κ3) is 1.27. The number of allylic oxidation sites excluding steroid dienone is 1. The minimum absolute atomic E-state index is 0.753. The lowest BCUT2D eigenvalue weighted by Gasteiger charge is -2.30. The van der Waals surface area contributed by atoms with Crippen molar-refractivity contribution in [3.63, 3.8) is 0 Å². The van der Waals surface area contributed by atoms with E-state index in [1.165, 1.54) is 6.42 Å². The molecule has 1 nitrogen and oxygen atoms in total. The van der Waals surface area contributed by atoms with Crippen LogP contribution in [0.4, 0.5) is 0 Å². The molecule has 68 valence electrons. The molecule has 12 heavy (non-hydrogen) atoms. The lowest BCUT2D eigenvalue weighted by Crippen LogP contribution is -2.33. The molecule has 0 spiro atoms. The molecule has 0 aromatic rings. The molecule has 2 rings (SSSR count). The first-order valence-electron chi connectivity index (χ1n) is 4.92. The Morgan fingerprint density at radius 2 is 2.08 bits per heavy atom. The molecule has 0 aromatic carbocycles. The van der Waals surface area contributed by atoms with E-state index >= 15 is 0 Å². The molecule has 0 saturated carbocycles. The molecule has 1 fully saturated rings. The molecule has 1 heterocycles. The smallest absolute Gasteiger partial charge is 0.190 e. The van der Waals surface area contributed by atoms with E-state index in [-0.39, 0.29) is 0 Å². The summed E-state index contributed by atoms with van der Waals surface area (Å²) in [5, 5.41) is 0. The first-order chi connectivity index (χ1) is 5.59. The minimum atomic E-state index is -1.30. The largest absolute Gasteiger partial charge is 0.416 e. The van der Waals surface area contributed by atoms with Gasteiger partial charge in [-0.2, -0.15) is 0 Å². The summed E-state index contributed by atoms with van der Waals surface area (Å²) in [5.41, 5.74) is 0.887. The van der Waals surface area contributed by atoms with E-state index in [1.807, 2.05) is 0 Å². The van der Waals surface area contributed by atoms with E-state index in [4.69, 9.17) is 4.43 Å². The van der Waals surface area contributed by atoms with Crippen LogP contribution in [0.1, 0.15) is 13.3 Å². The maximum atomic E-state index is 5.92. The summed E-state index contributed by atoms with van der Waals surface area (Å²) in [4.78, 5) is 0. The van der Waals surface area contributed by atoms with Crippen molar-refractivity contribution in [2.45, 2.75) is 32.0 Å². The quantitative estimate of drug-likeness (QED) is 0.413. The molecule has 0 amide bonds. The van der Waals surface area contributed by atoms with Crippen LogP contribution in [0.25, 0.3) is 0 Å². The highest BCUT2D eigenvalue weighted by Gasteiger charge is 2.45. The van der Waals surface area contributed by atoms with Crippen LogP contribution in [0.3, 0.4) is 0 Å². The van der Waals surface area contributed by atoms with Crippen molar-refractivity contribution >= 4 is 8.32 Å². The summed E-state index contributed by atoms with van der Waals surface area (Å²) >= 11 is 0. The van der Waals surface area contributed by atoms with Gasteiger partial charge in [0.05, 0.1) is 0 Å². The Balaban J connectivity index is 2.20. The van der Waals surface area contributed by atoms with Gasteiger partial charge in [0, 0.05) is 12.5 Å². The molecule has 2 heteroatoms. The van der Waals surface area contributed by atoms with Gasteiger partial charge in [-0.15, -0.1) is 0 Å². The first kappa shape index (κ1) is 8.51. The average Bonchev–Trinajstić information content (AvgIpc) is 2.28. The van der Waals surface area contributed by atoms with Gasteiger partial charge in [0.25, 0.3) is 0 Å². The van der Waals surface area contributed by atoms with Gasteiger partial charge in [0.2, 0.25) is 0 Å². The van der Waals surface area contributed by atoms with Crippen molar-refractivity contribution in [1.82, 2.24) is 0 Å². The molecule has 0 aromatic heterocycles. The van der Waals surface area contributed by atoms with Crippen LogP contribution in [0.2, 0.25) is 18.6 Å². The molecular weight excluding hydrogens is 164 g/mol. The van der Waals surface area contributed by atoms with Gasteiger partial charge in [-0.05, 0) is 31.0 Å². The summed E-state index contributed by atoms with van der Waals surface area (Å²) in [6, 6.07) is 0. The zero-order valence-corrected chi connectivity index (χ0v) is 9.21. The predicted octanol–water partition coefficient (Wildman–Crippen LogP) is 2.80. The normalized spacial score (nSPS) is 44.4. The number of fused-ring (bicyclic) bond motifs is 1. The zero-order valence-electron chi connectivity index (χ0n) is 8.21. The highest BCUT2D eigenvalue weighted by atomic mass is 28.4. The average molecular weight is 182 g/mol. The first-order valence-corrected chi connectivity index (χ1v) is 7.90. The van der Waals surface area contributed by atoms with Crippen LogP contribution in [0, 0.1) is 11.8 Å². The fourth-order valence-corrected chi connectivity index (χ4v) is 5.52. The number of hydrogen-bond acceptors (Lipinski definition) is 1. The molecule has 1 aliphatic heterocycles. The minimum Gasteiger partial charge on any atom is -0.416 e. The van der Waals surface area contributed by atoms with E-state index in [0.717, 1.165) is 24.0 Å². The number of rotatable bonds is 0. The van der Waals surface area contributed by atoms with Crippen molar-refractivity contribution in [2.75, 3.05) is 6.61 Å². The van der Waals surface area contributed by atoms with E-state index in [2.05, 4.69) is 32.2 Å². The lowest BCUT2D eigenvalue weighted by molar-refractivity contribution is 0.320. The second-order valence-corrected chi connectivity index (χ2v) is 9.02. The Hall–Kier alpha value is -0.0831. The SMILES string of the molecule is C[C@@H]1C=C[C@@H]2CO[Si](C)(C)[C@@H]2C1. The summed E-state index contributed by atoms with van der Waals surface area (Å²) in [6.45, 7) is 8.04. The van der Waals surface area contributed by atoms with Crippen LogP contribution >= 0.6 is 0 Å². The highest BCUT2D eigenvalue weighted by molar-refractivity contribution is 6.73. The lowest BCUT2D eigenvalue weighted by atomic mass is 9.90. The molecule has 1 saturated heterocycles. The van der Waals surface area contributed by atoms with E-state index in [9.17, 15) is 0 Å². The molecule has 0 unspecified atom stereocenters. The Labute approximate surface area is 75.9 Å². The second-order valence-electron chi connectivity index (χ2n) is 4.78. The monoisotopic (exact) mass is 182 g/mol. The Kier molecular flexibility index (Phi) is 1.92. The molecule has 1 aliphatic carbocycles. The standard InChI is InChI=1S/C10H18OSi/c1-8-4-5-9-7-11-12(2,3)10(9)6-8/h4-5,8-10H,6-7H2,1-3H3/t8-,9-,10-/m1/s1. The van der Waals surface area contributed by atoms with Crippen LogP contribution < -0.4 is 0 Å². The zero-order chi connectivity index (χ0) is 8.77. The van der Waals surface area contributed by atoms with Gasteiger partial charge >= 0.3 is 0 Å². The van der Waals surface area contributed by atoms with Gasteiger partial charge in [0.1, 0.15) is 0 Å². The number of hydrogen-bond donors (Lipinski definition) is 0. The van der Waals surface area contributed by atoms with Gasteiger partial charge < -0.3 is 4.43 Å². The maximum absolute atomic E-state index is 5.92. The Morgan fingerprint density at radius 3 is 2.83 bits per heavy atom. The van der Waals surface area contributed by atoms with Crippen molar-refractivity contribution < 1.29 is 4.43 Å². The highest BCUT2D eigenvalue weighted by Crippen LogP contribution is 2.45. The topological polar surface area (TPSA) is 9.23 Å². The van der Waals surface area contributed by atoms with Crippen molar-refractivity contribution in [1.29, 1.82) is 0 Å². The van der Waals surface area contributed by atoms with Crippen LogP contribution in [0.15, 0.2) is 12.2 Å². The second kappa shape index (κ2) is 2.71. The van der Waals surface area contributed by atoms with Crippen LogP contribution in [-0.2, 0) is 4.43 Å². The van der Waals surface area contributed by atoms with Crippen molar-refractivity contribution in [3.8, 4) is 0 Å². The van der Waals surface area contributed by atoms with E-state index in [1.54, 1.807) is 0 Å². The van der Waals surface area contributed by atoms with Crippen molar-refractivity contribution in [3.05, 3.63) is 12.2 Å². The van der Waals surface area contributed by atoms with Gasteiger partial charge in [-0.3, -0.25) is 0 Å². The van der Waals surface area contributed by atoms with Crippen molar-refractivity contribution in [2.24, 2.45) is 11.8 Å². The van der Waals surface area contributed by atoms with Crippen LogP contribution in [0.5, 0.6) is 0 Å². The molecule has 2 aliphatic rings. The Bertz CT molecular complexity index is 210. The predicted molar refractivity (Wildman–Crippen MR) is 53.6 cm³/mol. The van der Waals surface area contributed by atoms with E-state index in [0.29, 0.717) is 0 Å². The summed E-state index contributed by atoms with van der Waals surface area (Å²) in [5.74, 6) is 1.53. The van der Waals surface area contributed by atoms with Crippen LogP contribution in [-0.4, -0.2) is 14.9 Å². The summed E-state index contributed by atoms with van der Waals surface area (Å²) in [6.07, 6.45) is 6.11. The van der Waals surface area contributed by atoms with Gasteiger partial charge in [-0.25, -0.2) is 0 Å². The molecule has 3 atom stereocenters. The third-order valence-corrected chi connectivity index (χ3v) is 6.73. The fraction of sp³-hybridized carbons (Fsp3) is 0.800. The molecule has 0 radical (unpaired) electrons. The van der Waals surface area contributed by atoms with Gasteiger partial charge in [-0.1, -0.05) is 19.1 Å².